The third-order valence-corrected chi connectivity index (χ3v) is 2.96. The van der Waals surface area contributed by atoms with Crippen LogP contribution in [0.5, 0.6) is 5.75 Å². The molecule has 2 rings (SSSR count). The van der Waals surface area contributed by atoms with E-state index < -0.39 is 12.1 Å². The molecule has 0 aliphatic carbocycles. The Morgan fingerprint density at radius 1 is 1.19 bits per heavy atom. The predicted molar refractivity (Wildman–Crippen MR) is 73.3 cm³/mol. The van der Waals surface area contributed by atoms with Crippen LogP contribution in [0.2, 0.25) is 0 Å². The fraction of sp³-hybridized carbons (Fsp3) is 0.0769. The van der Waals surface area contributed by atoms with Crippen molar-refractivity contribution in [2.24, 2.45) is 0 Å². The van der Waals surface area contributed by atoms with E-state index in [0.29, 0.717) is 4.47 Å². The van der Waals surface area contributed by atoms with Gasteiger partial charge in [-0.3, -0.25) is 15.4 Å². The second kappa shape index (κ2) is 5.72. The second-order valence-electron chi connectivity index (χ2n) is 4.03. The van der Waals surface area contributed by atoms with Crippen molar-refractivity contribution in [3.8, 4) is 5.75 Å². The quantitative estimate of drug-likeness (QED) is 0.625. The van der Waals surface area contributed by atoms with Crippen LogP contribution in [0.4, 0.5) is 13.2 Å². The fourth-order valence-electron chi connectivity index (χ4n) is 1.64. The van der Waals surface area contributed by atoms with Crippen LogP contribution >= 0.6 is 15.9 Å². The van der Waals surface area contributed by atoms with Gasteiger partial charge in [-0.15, -0.1) is 13.2 Å². The van der Waals surface area contributed by atoms with E-state index in [2.05, 4.69) is 20.7 Å². The minimum Gasteiger partial charge on any atom is -0.406 e. The van der Waals surface area contributed by atoms with Crippen LogP contribution in [-0.2, 0) is 0 Å². The van der Waals surface area contributed by atoms with Gasteiger partial charge in [0.05, 0.1) is 0 Å². The SMILES string of the molecule is N=C(c1cccc(OC(F)(F)F)c1)n1cc(Br)ccc1=N. The number of alkyl halides is 3. The Morgan fingerprint density at radius 2 is 1.90 bits per heavy atom. The van der Waals surface area contributed by atoms with Crippen molar-refractivity contribution < 1.29 is 17.9 Å². The highest BCUT2D eigenvalue weighted by atomic mass is 79.9. The topological polar surface area (TPSA) is 61.9 Å². The zero-order chi connectivity index (χ0) is 15.6. The van der Waals surface area contributed by atoms with Crippen LogP contribution in [0.15, 0.2) is 47.1 Å². The zero-order valence-electron chi connectivity index (χ0n) is 10.4. The molecule has 0 fully saturated rings. The molecule has 2 aromatic rings. The lowest BCUT2D eigenvalue weighted by atomic mass is 10.2. The Labute approximate surface area is 125 Å². The average molecular weight is 360 g/mol. The smallest absolute Gasteiger partial charge is 0.406 e. The van der Waals surface area contributed by atoms with Gasteiger partial charge in [-0.2, -0.15) is 0 Å². The summed E-state index contributed by atoms with van der Waals surface area (Å²) in [7, 11) is 0. The van der Waals surface area contributed by atoms with Gasteiger partial charge < -0.3 is 4.74 Å². The molecule has 0 aliphatic heterocycles. The summed E-state index contributed by atoms with van der Waals surface area (Å²) in [5.74, 6) is -0.541. The highest BCUT2D eigenvalue weighted by Gasteiger charge is 2.31. The molecule has 0 unspecified atom stereocenters. The minimum absolute atomic E-state index is 0.0327. The summed E-state index contributed by atoms with van der Waals surface area (Å²) >= 11 is 3.22. The van der Waals surface area contributed by atoms with Gasteiger partial charge in [0.15, 0.2) is 0 Å². The van der Waals surface area contributed by atoms with E-state index in [9.17, 15) is 13.2 Å². The number of nitrogens with zero attached hydrogens (tertiary/aromatic N) is 1. The standard InChI is InChI=1S/C13H9BrF3N3O/c14-9-4-5-11(18)20(7-9)12(19)8-2-1-3-10(6-8)21-13(15,16)17/h1-7,18-19H. The maximum atomic E-state index is 12.2. The van der Waals surface area contributed by atoms with Gasteiger partial charge in [-0.05, 0) is 40.2 Å². The third-order valence-electron chi connectivity index (χ3n) is 2.49. The lowest BCUT2D eigenvalue weighted by molar-refractivity contribution is -0.274. The van der Waals surface area contributed by atoms with E-state index in [-0.39, 0.29) is 16.9 Å². The summed E-state index contributed by atoms with van der Waals surface area (Å²) in [6.45, 7) is 0. The molecular formula is C13H9BrF3N3O. The maximum Gasteiger partial charge on any atom is 0.573 e. The summed E-state index contributed by atoms with van der Waals surface area (Å²) in [6, 6.07) is 8.18. The molecule has 2 N–H and O–H groups in total. The van der Waals surface area contributed by atoms with Crippen molar-refractivity contribution in [2.75, 3.05) is 0 Å². The predicted octanol–water partition coefficient (Wildman–Crippen LogP) is 3.50. The van der Waals surface area contributed by atoms with E-state index >= 15 is 0 Å². The highest BCUT2D eigenvalue weighted by molar-refractivity contribution is 9.10. The highest BCUT2D eigenvalue weighted by Crippen LogP contribution is 2.23. The fourth-order valence-corrected chi connectivity index (χ4v) is 1.98. The number of halogens is 4. The van der Waals surface area contributed by atoms with E-state index in [1.807, 2.05) is 0 Å². The minimum atomic E-state index is -4.79. The number of ether oxygens (including phenoxy) is 1. The van der Waals surface area contributed by atoms with Gasteiger partial charge in [0.1, 0.15) is 17.1 Å². The largest absolute Gasteiger partial charge is 0.573 e. The molecule has 4 nitrogen and oxygen atoms in total. The number of benzene rings is 1. The molecule has 0 aliphatic rings. The van der Waals surface area contributed by atoms with Gasteiger partial charge in [0.2, 0.25) is 0 Å². The zero-order valence-corrected chi connectivity index (χ0v) is 12.0. The first-order valence-electron chi connectivity index (χ1n) is 5.64. The normalized spacial score (nSPS) is 11.2. The molecule has 0 radical (unpaired) electrons. The molecular weight excluding hydrogens is 351 g/mol. The lowest BCUT2D eigenvalue weighted by Gasteiger charge is -2.12. The summed E-state index contributed by atoms with van der Waals surface area (Å²) < 4.78 is 42.3. The molecule has 1 heterocycles. The molecule has 0 atom stereocenters. The van der Waals surface area contributed by atoms with Crippen molar-refractivity contribution in [3.63, 3.8) is 0 Å². The van der Waals surface area contributed by atoms with Crippen LogP contribution in [0, 0.1) is 10.8 Å². The van der Waals surface area contributed by atoms with Crippen LogP contribution in [0.25, 0.3) is 0 Å². The molecule has 110 valence electrons. The number of pyridine rings is 1. The van der Waals surface area contributed by atoms with Crippen LogP contribution in [0.3, 0.4) is 0 Å². The number of hydrogen-bond acceptors (Lipinski definition) is 3. The van der Waals surface area contributed by atoms with Crippen molar-refractivity contribution in [2.45, 2.75) is 6.36 Å². The Morgan fingerprint density at radius 3 is 2.57 bits per heavy atom. The van der Waals surface area contributed by atoms with Crippen LogP contribution < -0.4 is 10.2 Å². The van der Waals surface area contributed by atoms with Crippen molar-refractivity contribution in [1.82, 2.24) is 4.57 Å². The van der Waals surface area contributed by atoms with Gasteiger partial charge >= 0.3 is 6.36 Å². The van der Waals surface area contributed by atoms with E-state index in [1.54, 1.807) is 6.07 Å². The molecule has 1 aromatic carbocycles. The Balaban J connectivity index is 2.38. The monoisotopic (exact) mass is 359 g/mol. The summed E-state index contributed by atoms with van der Waals surface area (Å²) in [5, 5.41) is 15.8. The molecule has 21 heavy (non-hydrogen) atoms. The second-order valence-corrected chi connectivity index (χ2v) is 4.94. The van der Waals surface area contributed by atoms with Gasteiger partial charge in [-0.25, -0.2) is 0 Å². The molecule has 0 bridgehead atoms. The van der Waals surface area contributed by atoms with Gasteiger partial charge in [-0.1, -0.05) is 12.1 Å². The van der Waals surface area contributed by atoms with Crippen molar-refractivity contribution in [1.29, 1.82) is 10.8 Å². The number of aromatic nitrogens is 1. The van der Waals surface area contributed by atoms with E-state index in [0.717, 1.165) is 12.1 Å². The van der Waals surface area contributed by atoms with Crippen LogP contribution in [-0.4, -0.2) is 16.8 Å². The lowest BCUT2D eigenvalue weighted by Crippen LogP contribution is -2.26. The van der Waals surface area contributed by atoms with Gasteiger partial charge in [0, 0.05) is 16.2 Å². The summed E-state index contributed by atoms with van der Waals surface area (Å²) in [4.78, 5) is 0. The molecule has 0 saturated carbocycles. The molecule has 8 heteroatoms. The molecule has 0 saturated heterocycles. The average Bonchev–Trinajstić information content (AvgIpc) is 2.39. The Kier molecular flexibility index (Phi) is 4.17. The Bertz CT molecular complexity index is 740. The van der Waals surface area contributed by atoms with Crippen molar-refractivity contribution >= 4 is 21.8 Å². The Hall–Kier alpha value is -2.09. The van der Waals surface area contributed by atoms with Crippen LogP contribution in [0.1, 0.15) is 5.56 Å². The maximum absolute atomic E-state index is 12.2. The number of rotatable bonds is 2. The first-order chi connectivity index (χ1) is 9.76. The summed E-state index contributed by atoms with van der Waals surface area (Å²) in [6.07, 6.45) is -3.30. The molecule has 0 amide bonds. The first kappa shape index (κ1) is 15.3. The summed E-state index contributed by atoms with van der Waals surface area (Å²) in [5.41, 5.74) is 0.235. The van der Waals surface area contributed by atoms with Gasteiger partial charge in [0.25, 0.3) is 0 Å². The molecule has 0 spiro atoms. The third kappa shape index (κ3) is 3.94. The van der Waals surface area contributed by atoms with Crippen molar-refractivity contribution in [3.05, 3.63) is 58.1 Å². The van der Waals surface area contributed by atoms with E-state index in [1.165, 1.54) is 29.0 Å². The number of hydrogen-bond donors (Lipinski definition) is 2. The van der Waals surface area contributed by atoms with E-state index in [4.69, 9.17) is 10.8 Å². The first-order valence-corrected chi connectivity index (χ1v) is 6.43. The number of nitrogens with one attached hydrogen (secondary N) is 2. The molecule has 1 aromatic heterocycles.